The van der Waals surface area contributed by atoms with Crippen LogP contribution in [0.5, 0.6) is 0 Å². The molecule has 4 N–H and O–H groups in total. The van der Waals surface area contributed by atoms with Gasteiger partial charge in [0.1, 0.15) is 0 Å². The van der Waals surface area contributed by atoms with Crippen LogP contribution in [-0.2, 0) is 17.9 Å². The summed E-state index contributed by atoms with van der Waals surface area (Å²) in [6, 6.07) is 18.8. The molecule has 4 heteroatoms. The SMILES string of the molecule is C=C(CN1Cc2ccc3ccc(-c4cccc(N)c4)cc3c2C1)C(N)=O. The van der Waals surface area contributed by atoms with E-state index >= 15 is 0 Å². The van der Waals surface area contributed by atoms with E-state index in [2.05, 4.69) is 47.9 Å². The first kappa shape index (κ1) is 16.4. The quantitative estimate of drug-likeness (QED) is 0.563. The maximum absolute atomic E-state index is 11.3. The Hall–Kier alpha value is -3.11. The normalized spacial score (nSPS) is 13.7. The maximum Gasteiger partial charge on any atom is 0.245 e. The number of nitrogens with two attached hydrogens (primary N) is 2. The highest BCUT2D eigenvalue weighted by Gasteiger charge is 2.22. The van der Waals surface area contributed by atoms with Crippen LogP contribution in [0.15, 0.2) is 66.7 Å². The van der Waals surface area contributed by atoms with E-state index in [-0.39, 0.29) is 0 Å². The highest BCUT2D eigenvalue weighted by molar-refractivity contribution is 5.92. The summed E-state index contributed by atoms with van der Waals surface area (Å²) in [5.74, 6) is -0.435. The molecule has 1 aliphatic heterocycles. The Balaban J connectivity index is 1.72. The average Bonchev–Trinajstić information content (AvgIpc) is 3.04. The minimum Gasteiger partial charge on any atom is -0.399 e. The van der Waals surface area contributed by atoms with E-state index in [1.807, 2.05) is 18.2 Å². The fourth-order valence-corrected chi connectivity index (χ4v) is 3.64. The molecule has 0 aliphatic carbocycles. The first-order chi connectivity index (χ1) is 12.5. The van der Waals surface area contributed by atoms with E-state index in [1.165, 1.54) is 21.9 Å². The second-order valence-electron chi connectivity index (χ2n) is 6.88. The monoisotopic (exact) mass is 343 g/mol. The molecule has 0 fully saturated rings. The lowest BCUT2D eigenvalue weighted by Gasteiger charge is -2.14. The van der Waals surface area contributed by atoms with Crippen molar-refractivity contribution in [2.24, 2.45) is 5.73 Å². The van der Waals surface area contributed by atoms with Crippen LogP contribution in [0.3, 0.4) is 0 Å². The van der Waals surface area contributed by atoms with Gasteiger partial charge in [-0.2, -0.15) is 0 Å². The maximum atomic E-state index is 11.3. The van der Waals surface area contributed by atoms with Crippen LogP contribution in [0.25, 0.3) is 21.9 Å². The van der Waals surface area contributed by atoms with Gasteiger partial charge in [-0.1, -0.05) is 43.0 Å². The summed E-state index contributed by atoms with van der Waals surface area (Å²) in [7, 11) is 0. The molecule has 0 unspecified atom stereocenters. The molecule has 0 saturated carbocycles. The number of fused-ring (bicyclic) bond motifs is 3. The molecule has 0 radical (unpaired) electrons. The molecule has 0 bridgehead atoms. The molecule has 3 aromatic rings. The standard InChI is InChI=1S/C22H21N3O/c1-14(22(24)26)11-25-12-18-8-6-15-5-7-17(10-20(15)21(18)13-25)16-3-2-4-19(23)9-16/h2-10H,1,11-13,23H2,(H2,24,26). The molecular formula is C22H21N3O. The predicted molar refractivity (Wildman–Crippen MR) is 106 cm³/mol. The van der Waals surface area contributed by atoms with Crippen molar-refractivity contribution < 1.29 is 4.79 Å². The van der Waals surface area contributed by atoms with Gasteiger partial charge in [0.25, 0.3) is 0 Å². The summed E-state index contributed by atoms with van der Waals surface area (Å²) in [4.78, 5) is 13.5. The largest absolute Gasteiger partial charge is 0.399 e. The second-order valence-corrected chi connectivity index (χ2v) is 6.88. The number of anilines is 1. The van der Waals surface area contributed by atoms with Gasteiger partial charge in [-0.25, -0.2) is 0 Å². The highest BCUT2D eigenvalue weighted by Crippen LogP contribution is 2.33. The van der Waals surface area contributed by atoms with E-state index in [0.29, 0.717) is 12.1 Å². The molecule has 130 valence electrons. The minimum absolute atomic E-state index is 0.435. The molecule has 1 amide bonds. The van der Waals surface area contributed by atoms with Crippen molar-refractivity contribution in [1.29, 1.82) is 0 Å². The van der Waals surface area contributed by atoms with Gasteiger partial charge >= 0.3 is 0 Å². The van der Waals surface area contributed by atoms with Gasteiger partial charge in [-0.05, 0) is 51.2 Å². The molecule has 4 rings (SSSR count). The third-order valence-electron chi connectivity index (χ3n) is 4.99. The molecule has 0 atom stereocenters. The van der Waals surface area contributed by atoms with Gasteiger partial charge in [-0.3, -0.25) is 9.69 Å². The van der Waals surface area contributed by atoms with Crippen molar-refractivity contribution >= 4 is 22.4 Å². The molecule has 26 heavy (non-hydrogen) atoms. The Morgan fingerprint density at radius 2 is 1.81 bits per heavy atom. The lowest BCUT2D eigenvalue weighted by molar-refractivity contribution is -0.114. The smallest absolute Gasteiger partial charge is 0.245 e. The summed E-state index contributed by atoms with van der Waals surface area (Å²) in [5, 5.41) is 2.46. The average molecular weight is 343 g/mol. The van der Waals surface area contributed by atoms with Gasteiger partial charge in [-0.15, -0.1) is 0 Å². The Bertz CT molecular complexity index is 1040. The topological polar surface area (TPSA) is 72.3 Å². The Kier molecular flexibility index (Phi) is 3.98. The van der Waals surface area contributed by atoms with Gasteiger partial charge in [0.05, 0.1) is 0 Å². The molecule has 1 heterocycles. The van der Waals surface area contributed by atoms with Crippen molar-refractivity contribution in [2.75, 3.05) is 12.3 Å². The number of nitrogens with zero attached hydrogens (tertiary/aromatic N) is 1. The molecular weight excluding hydrogens is 322 g/mol. The third kappa shape index (κ3) is 2.95. The van der Waals surface area contributed by atoms with Crippen molar-refractivity contribution in [2.45, 2.75) is 13.1 Å². The van der Waals surface area contributed by atoms with E-state index < -0.39 is 5.91 Å². The lowest BCUT2D eigenvalue weighted by Crippen LogP contribution is -2.25. The zero-order chi connectivity index (χ0) is 18.3. The highest BCUT2D eigenvalue weighted by atomic mass is 16.1. The Morgan fingerprint density at radius 3 is 2.58 bits per heavy atom. The second kappa shape index (κ2) is 6.32. The number of hydrogen-bond acceptors (Lipinski definition) is 3. The van der Waals surface area contributed by atoms with E-state index in [0.717, 1.165) is 29.9 Å². The van der Waals surface area contributed by atoms with Crippen LogP contribution in [0, 0.1) is 0 Å². The molecule has 3 aromatic carbocycles. The van der Waals surface area contributed by atoms with Crippen molar-refractivity contribution in [3.8, 4) is 11.1 Å². The number of carbonyl (C=O) groups excluding carboxylic acids is 1. The number of hydrogen-bond donors (Lipinski definition) is 2. The van der Waals surface area contributed by atoms with Gasteiger partial charge in [0.2, 0.25) is 5.91 Å². The zero-order valence-electron chi connectivity index (χ0n) is 14.5. The summed E-state index contributed by atoms with van der Waals surface area (Å²) in [5.41, 5.74) is 17.3. The molecule has 0 aromatic heterocycles. The molecule has 4 nitrogen and oxygen atoms in total. The summed E-state index contributed by atoms with van der Waals surface area (Å²) >= 11 is 0. The Morgan fingerprint density at radius 1 is 1.04 bits per heavy atom. The van der Waals surface area contributed by atoms with Crippen LogP contribution in [0.4, 0.5) is 5.69 Å². The fourth-order valence-electron chi connectivity index (χ4n) is 3.64. The minimum atomic E-state index is -0.435. The summed E-state index contributed by atoms with van der Waals surface area (Å²) in [6.07, 6.45) is 0. The molecule has 1 aliphatic rings. The lowest BCUT2D eigenvalue weighted by atomic mass is 9.96. The summed E-state index contributed by atoms with van der Waals surface area (Å²) in [6.45, 7) is 5.87. The molecule has 0 spiro atoms. The van der Waals surface area contributed by atoms with E-state index in [9.17, 15) is 4.79 Å². The predicted octanol–water partition coefficient (Wildman–Crippen LogP) is 3.45. The van der Waals surface area contributed by atoms with Crippen LogP contribution in [0.2, 0.25) is 0 Å². The third-order valence-corrected chi connectivity index (χ3v) is 4.99. The first-order valence-corrected chi connectivity index (χ1v) is 8.61. The number of carbonyl (C=O) groups is 1. The van der Waals surface area contributed by atoms with Gasteiger partial charge < -0.3 is 11.5 Å². The van der Waals surface area contributed by atoms with Gasteiger partial charge in [0.15, 0.2) is 0 Å². The number of primary amides is 1. The van der Waals surface area contributed by atoms with E-state index in [4.69, 9.17) is 11.5 Å². The van der Waals surface area contributed by atoms with Crippen molar-refractivity contribution in [1.82, 2.24) is 4.90 Å². The van der Waals surface area contributed by atoms with Crippen molar-refractivity contribution in [3.63, 3.8) is 0 Å². The van der Waals surface area contributed by atoms with Crippen LogP contribution < -0.4 is 11.5 Å². The fraction of sp³-hybridized carbons (Fsp3) is 0.136. The Labute approximate surface area is 152 Å². The summed E-state index contributed by atoms with van der Waals surface area (Å²) < 4.78 is 0. The van der Waals surface area contributed by atoms with E-state index in [1.54, 1.807) is 0 Å². The molecule has 0 saturated heterocycles. The number of nitrogen functional groups attached to an aromatic ring is 1. The number of benzene rings is 3. The van der Waals surface area contributed by atoms with Crippen LogP contribution in [0.1, 0.15) is 11.1 Å². The van der Waals surface area contributed by atoms with Crippen molar-refractivity contribution in [3.05, 3.63) is 77.9 Å². The van der Waals surface area contributed by atoms with Crippen LogP contribution >= 0.6 is 0 Å². The van der Waals surface area contributed by atoms with Crippen LogP contribution in [-0.4, -0.2) is 17.4 Å². The number of amides is 1. The van der Waals surface area contributed by atoms with Gasteiger partial charge in [0, 0.05) is 30.9 Å². The first-order valence-electron chi connectivity index (χ1n) is 8.61. The number of rotatable bonds is 4. The zero-order valence-corrected chi connectivity index (χ0v) is 14.5.